The van der Waals surface area contributed by atoms with Crippen LogP contribution in [0, 0.1) is 6.92 Å². The van der Waals surface area contributed by atoms with E-state index >= 15 is 0 Å². The van der Waals surface area contributed by atoms with Crippen molar-refractivity contribution in [3.63, 3.8) is 0 Å². The molecule has 2 rings (SSSR count). The Morgan fingerprint density at radius 3 is 2.90 bits per heavy atom. The largest absolute Gasteiger partial charge is 0.371 e. The van der Waals surface area contributed by atoms with Gasteiger partial charge in [-0.3, -0.25) is 0 Å². The Bertz CT molecular complexity index is 428. The van der Waals surface area contributed by atoms with Gasteiger partial charge < -0.3 is 10.2 Å². The Labute approximate surface area is 130 Å². The second-order valence-electron chi connectivity index (χ2n) is 6.42. The fourth-order valence-corrected chi connectivity index (χ4v) is 3.36. The number of hydrogen-bond donors (Lipinski definition) is 1. The molecule has 1 N–H and O–H groups in total. The van der Waals surface area contributed by atoms with E-state index in [0.717, 1.165) is 6.54 Å². The maximum Gasteiger partial charge on any atom is 0.0398 e. The van der Waals surface area contributed by atoms with E-state index in [9.17, 15) is 0 Å². The molecule has 1 aromatic rings. The first kappa shape index (κ1) is 16.4. The fraction of sp³-hybridized carbons (Fsp3) is 0.684. The molecular formula is C19H32N2. The van der Waals surface area contributed by atoms with E-state index in [4.69, 9.17) is 0 Å². The van der Waals surface area contributed by atoms with E-state index in [1.807, 2.05) is 0 Å². The molecule has 0 fully saturated rings. The van der Waals surface area contributed by atoms with E-state index in [1.54, 1.807) is 5.56 Å². The van der Waals surface area contributed by atoms with Gasteiger partial charge in [-0.25, -0.2) is 0 Å². The van der Waals surface area contributed by atoms with Crippen LogP contribution in [0.2, 0.25) is 0 Å². The summed E-state index contributed by atoms with van der Waals surface area (Å²) in [5, 5.41) is 3.66. The van der Waals surface area contributed by atoms with Gasteiger partial charge >= 0.3 is 0 Å². The summed E-state index contributed by atoms with van der Waals surface area (Å²) in [5.74, 6) is 0. The summed E-state index contributed by atoms with van der Waals surface area (Å²) in [7, 11) is 0. The van der Waals surface area contributed by atoms with Crippen molar-refractivity contribution in [2.75, 3.05) is 24.5 Å². The number of rotatable bonds is 8. The molecule has 0 spiro atoms. The normalized spacial score (nSPS) is 15.9. The maximum absolute atomic E-state index is 3.66. The maximum atomic E-state index is 3.66. The summed E-state index contributed by atoms with van der Waals surface area (Å²) in [5.41, 5.74) is 4.43. The molecule has 1 aromatic carbocycles. The molecule has 1 unspecified atom stereocenters. The number of fused-ring (bicyclic) bond motifs is 1. The van der Waals surface area contributed by atoms with Crippen LogP contribution >= 0.6 is 0 Å². The van der Waals surface area contributed by atoms with Crippen molar-refractivity contribution in [2.24, 2.45) is 0 Å². The summed E-state index contributed by atoms with van der Waals surface area (Å²) in [6.45, 7) is 10.3. The van der Waals surface area contributed by atoms with E-state index in [2.05, 4.69) is 49.2 Å². The Hall–Kier alpha value is -1.02. The predicted molar refractivity (Wildman–Crippen MR) is 93.3 cm³/mol. The number of benzene rings is 1. The first-order valence-corrected chi connectivity index (χ1v) is 8.82. The van der Waals surface area contributed by atoms with Gasteiger partial charge in [-0.2, -0.15) is 0 Å². The number of aryl methyl sites for hydroxylation is 2. The molecule has 1 aliphatic heterocycles. The van der Waals surface area contributed by atoms with Crippen LogP contribution in [0.3, 0.4) is 0 Å². The number of nitrogens with one attached hydrogen (secondary N) is 1. The van der Waals surface area contributed by atoms with Crippen LogP contribution in [-0.2, 0) is 6.42 Å². The van der Waals surface area contributed by atoms with Crippen LogP contribution in [0.15, 0.2) is 18.2 Å². The Morgan fingerprint density at radius 2 is 2.14 bits per heavy atom. The molecule has 2 heteroatoms. The fourth-order valence-electron chi connectivity index (χ4n) is 3.36. The molecule has 0 aliphatic carbocycles. The van der Waals surface area contributed by atoms with Crippen molar-refractivity contribution in [3.05, 3.63) is 29.3 Å². The highest BCUT2D eigenvalue weighted by atomic mass is 15.1. The topological polar surface area (TPSA) is 15.3 Å². The zero-order valence-corrected chi connectivity index (χ0v) is 14.1. The van der Waals surface area contributed by atoms with Crippen molar-refractivity contribution < 1.29 is 0 Å². The van der Waals surface area contributed by atoms with E-state index < -0.39 is 0 Å². The predicted octanol–water partition coefficient (Wildman–Crippen LogP) is 4.31. The summed E-state index contributed by atoms with van der Waals surface area (Å²) >= 11 is 0. The van der Waals surface area contributed by atoms with Crippen LogP contribution in [0.4, 0.5) is 5.69 Å². The Morgan fingerprint density at radius 1 is 1.29 bits per heavy atom. The minimum atomic E-state index is 0.701. The molecule has 1 heterocycles. The van der Waals surface area contributed by atoms with E-state index in [0.29, 0.717) is 6.04 Å². The first-order chi connectivity index (χ1) is 10.2. The standard InChI is InChI=1S/C19H32N2/c1-4-12-20-18(5-2)9-7-14-21-13-6-8-17-15-16(3)10-11-19(17)21/h10-11,15,18,20H,4-9,12-14H2,1-3H3. The van der Waals surface area contributed by atoms with Gasteiger partial charge in [0.25, 0.3) is 0 Å². The summed E-state index contributed by atoms with van der Waals surface area (Å²) in [4.78, 5) is 2.60. The molecule has 0 saturated carbocycles. The zero-order chi connectivity index (χ0) is 15.1. The van der Waals surface area contributed by atoms with Crippen LogP contribution in [0.5, 0.6) is 0 Å². The quantitative estimate of drug-likeness (QED) is 0.767. The second-order valence-corrected chi connectivity index (χ2v) is 6.42. The smallest absolute Gasteiger partial charge is 0.0398 e. The van der Waals surface area contributed by atoms with E-state index in [1.165, 1.54) is 62.9 Å². The van der Waals surface area contributed by atoms with Crippen LogP contribution in [-0.4, -0.2) is 25.7 Å². The first-order valence-electron chi connectivity index (χ1n) is 8.82. The summed E-state index contributed by atoms with van der Waals surface area (Å²) in [6.07, 6.45) is 7.63. The van der Waals surface area contributed by atoms with E-state index in [-0.39, 0.29) is 0 Å². The lowest BCUT2D eigenvalue weighted by Gasteiger charge is -2.32. The van der Waals surface area contributed by atoms with Crippen molar-refractivity contribution in [2.45, 2.75) is 65.3 Å². The molecule has 2 nitrogen and oxygen atoms in total. The number of anilines is 1. The molecule has 0 radical (unpaired) electrons. The minimum absolute atomic E-state index is 0.701. The molecule has 0 bridgehead atoms. The van der Waals surface area contributed by atoms with Gasteiger partial charge in [0.05, 0.1) is 0 Å². The van der Waals surface area contributed by atoms with Crippen molar-refractivity contribution in [1.82, 2.24) is 5.32 Å². The van der Waals surface area contributed by atoms with Crippen LogP contribution < -0.4 is 10.2 Å². The summed E-state index contributed by atoms with van der Waals surface area (Å²) in [6, 6.07) is 7.66. The van der Waals surface area contributed by atoms with Gasteiger partial charge in [0.15, 0.2) is 0 Å². The average Bonchev–Trinajstić information content (AvgIpc) is 2.50. The van der Waals surface area contributed by atoms with Crippen LogP contribution in [0.1, 0.15) is 57.1 Å². The highest BCUT2D eigenvalue weighted by Crippen LogP contribution is 2.28. The summed E-state index contributed by atoms with van der Waals surface area (Å²) < 4.78 is 0. The SMILES string of the molecule is CCCNC(CC)CCCN1CCCc2cc(C)ccc21. The van der Waals surface area contributed by atoms with Gasteiger partial charge in [0.1, 0.15) is 0 Å². The third kappa shape index (κ3) is 4.74. The molecule has 0 amide bonds. The molecule has 0 saturated heterocycles. The third-order valence-corrected chi connectivity index (χ3v) is 4.61. The monoisotopic (exact) mass is 288 g/mol. The van der Waals surface area contributed by atoms with Gasteiger partial charge in [0, 0.05) is 24.8 Å². The van der Waals surface area contributed by atoms with Crippen LogP contribution in [0.25, 0.3) is 0 Å². The van der Waals surface area contributed by atoms with Gasteiger partial charge in [0.2, 0.25) is 0 Å². The Kier molecular flexibility index (Phi) is 6.56. The van der Waals surface area contributed by atoms with Crippen molar-refractivity contribution in [1.29, 1.82) is 0 Å². The number of nitrogens with zero attached hydrogens (tertiary/aromatic N) is 1. The lowest BCUT2D eigenvalue weighted by atomic mass is 9.99. The van der Waals surface area contributed by atoms with Crippen molar-refractivity contribution in [3.8, 4) is 0 Å². The molecule has 1 aliphatic rings. The molecule has 1 atom stereocenters. The van der Waals surface area contributed by atoms with Gasteiger partial charge in [-0.15, -0.1) is 0 Å². The molecule has 118 valence electrons. The molecular weight excluding hydrogens is 256 g/mol. The highest BCUT2D eigenvalue weighted by molar-refractivity contribution is 5.56. The van der Waals surface area contributed by atoms with Gasteiger partial charge in [-0.05, 0) is 63.6 Å². The third-order valence-electron chi connectivity index (χ3n) is 4.61. The molecule has 0 aromatic heterocycles. The second kappa shape index (κ2) is 8.43. The minimum Gasteiger partial charge on any atom is -0.371 e. The molecule has 21 heavy (non-hydrogen) atoms. The number of hydrogen-bond acceptors (Lipinski definition) is 2. The Balaban J connectivity index is 1.84. The highest BCUT2D eigenvalue weighted by Gasteiger charge is 2.16. The lowest BCUT2D eigenvalue weighted by molar-refractivity contribution is 0.454. The van der Waals surface area contributed by atoms with Crippen molar-refractivity contribution >= 4 is 5.69 Å². The van der Waals surface area contributed by atoms with Gasteiger partial charge in [-0.1, -0.05) is 31.5 Å². The zero-order valence-electron chi connectivity index (χ0n) is 14.1. The lowest BCUT2D eigenvalue weighted by Crippen LogP contribution is -2.33. The average molecular weight is 288 g/mol.